The summed E-state index contributed by atoms with van der Waals surface area (Å²) in [6.07, 6.45) is 4.76. The number of aromatic nitrogens is 3. The molecule has 0 saturated carbocycles. The van der Waals surface area contributed by atoms with Crippen LogP contribution in [0.15, 0.2) is 66.3 Å². The van der Waals surface area contributed by atoms with E-state index in [4.69, 9.17) is 0 Å². The van der Waals surface area contributed by atoms with Crippen molar-refractivity contribution in [1.82, 2.24) is 14.8 Å². The number of thiazole rings is 1. The molecule has 7 nitrogen and oxygen atoms in total. The summed E-state index contributed by atoms with van der Waals surface area (Å²) in [7, 11) is 0. The van der Waals surface area contributed by atoms with E-state index in [0.29, 0.717) is 24.2 Å². The molecule has 0 atom stereocenters. The second-order valence-electron chi connectivity index (χ2n) is 6.92. The van der Waals surface area contributed by atoms with Gasteiger partial charge in [0.15, 0.2) is 0 Å². The summed E-state index contributed by atoms with van der Waals surface area (Å²) in [6.45, 7) is 0. The van der Waals surface area contributed by atoms with E-state index in [9.17, 15) is 9.59 Å². The molecule has 4 aromatic rings. The number of para-hydroxylation sites is 1. The zero-order chi connectivity index (χ0) is 20.5. The lowest BCUT2D eigenvalue weighted by Crippen LogP contribution is -2.19. The highest BCUT2D eigenvalue weighted by Crippen LogP contribution is 2.27. The maximum atomic E-state index is 12.6. The molecule has 2 aromatic heterocycles. The molecule has 0 spiro atoms. The summed E-state index contributed by atoms with van der Waals surface area (Å²) in [5.41, 5.74) is 4.67. The van der Waals surface area contributed by atoms with Gasteiger partial charge < -0.3 is 10.6 Å². The summed E-state index contributed by atoms with van der Waals surface area (Å²) in [4.78, 5) is 28.6. The van der Waals surface area contributed by atoms with Gasteiger partial charge in [-0.25, -0.2) is 9.67 Å². The van der Waals surface area contributed by atoms with E-state index >= 15 is 0 Å². The van der Waals surface area contributed by atoms with Crippen LogP contribution in [-0.4, -0.2) is 26.6 Å². The zero-order valence-corrected chi connectivity index (χ0v) is 16.6. The van der Waals surface area contributed by atoms with Crippen LogP contribution in [0.4, 0.5) is 11.4 Å². The minimum atomic E-state index is -0.271. The lowest BCUT2D eigenvalue weighted by atomic mass is 10.0. The van der Waals surface area contributed by atoms with Crippen LogP contribution in [0.5, 0.6) is 0 Å². The number of rotatable bonds is 4. The molecule has 2 N–H and O–H groups in total. The van der Waals surface area contributed by atoms with Gasteiger partial charge in [-0.2, -0.15) is 5.10 Å². The van der Waals surface area contributed by atoms with E-state index in [1.54, 1.807) is 22.3 Å². The normalized spacial score (nSPS) is 12.9. The molecule has 0 radical (unpaired) electrons. The zero-order valence-electron chi connectivity index (χ0n) is 15.8. The Hall–Kier alpha value is -3.78. The third-order valence-electron chi connectivity index (χ3n) is 4.85. The second kappa shape index (κ2) is 7.57. The van der Waals surface area contributed by atoms with Crippen LogP contribution < -0.4 is 10.6 Å². The summed E-state index contributed by atoms with van der Waals surface area (Å²) in [5, 5.41) is 12.6. The number of aryl methyl sites for hydroxylation is 1. The van der Waals surface area contributed by atoms with Crippen LogP contribution in [0.2, 0.25) is 0 Å². The third-order valence-corrected chi connectivity index (χ3v) is 5.74. The average Bonchev–Trinajstić information content (AvgIpc) is 3.44. The standard InChI is InChI=1S/C22H17N5O2S/c28-20-9-6-14-10-16(7-8-18(14)25-20)24-21(29)19-13-30-22(26-19)15-11-23-27(12-15)17-4-2-1-3-5-17/h1-5,7-8,10-13H,6,9H2,(H,24,29)(H,25,28). The Bertz CT molecular complexity index is 1250. The third kappa shape index (κ3) is 3.60. The van der Waals surface area contributed by atoms with E-state index in [1.807, 2.05) is 48.7 Å². The van der Waals surface area contributed by atoms with E-state index < -0.39 is 0 Å². The minimum Gasteiger partial charge on any atom is -0.326 e. The van der Waals surface area contributed by atoms with Crippen molar-refractivity contribution < 1.29 is 9.59 Å². The second-order valence-corrected chi connectivity index (χ2v) is 7.78. The van der Waals surface area contributed by atoms with Gasteiger partial charge in [0, 0.05) is 34.9 Å². The van der Waals surface area contributed by atoms with Crippen molar-refractivity contribution in [3.63, 3.8) is 0 Å². The van der Waals surface area contributed by atoms with Crippen LogP contribution >= 0.6 is 11.3 Å². The van der Waals surface area contributed by atoms with E-state index in [-0.39, 0.29) is 11.8 Å². The topological polar surface area (TPSA) is 88.9 Å². The number of hydrogen-bond donors (Lipinski definition) is 2. The molecular weight excluding hydrogens is 398 g/mol. The number of carbonyl (C=O) groups is 2. The first-order chi connectivity index (χ1) is 14.7. The number of nitrogens with one attached hydrogen (secondary N) is 2. The lowest BCUT2D eigenvalue weighted by molar-refractivity contribution is -0.116. The predicted molar refractivity (Wildman–Crippen MR) is 116 cm³/mol. The van der Waals surface area contributed by atoms with Crippen molar-refractivity contribution in [2.45, 2.75) is 12.8 Å². The Morgan fingerprint density at radius 2 is 2.00 bits per heavy atom. The van der Waals surface area contributed by atoms with Crippen molar-refractivity contribution >= 4 is 34.5 Å². The van der Waals surface area contributed by atoms with Crippen LogP contribution in [0, 0.1) is 0 Å². The molecule has 1 aliphatic rings. The fourth-order valence-corrected chi connectivity index (χ4v) is 4.10. The maximum absolute atomic E-state index is 12.6. The van der Waals surface area contributed by atoms with Crippen LogP contribution in [-0.2, 0) is 11.2 Å². The Labute approximate surface area is 176 Å². The van der Waals surface area contributed by atoms with Crippen LogP contribution in [0.25, 0.3) is 16.3 Å². The van der Waals surface area contributed by atoms with Crippen molar-refractivity contribution in [2.75, 3.05) is 10.6 Å². The Morgan fingerprint density at radius 3 is 2.87 bits per heavy atom. The van der Waals surface area contributed by atoms with Gasteiger partial charge in [0.1, 0.15) is 10.7 Å². The van der Waals surface area contributed by atoms with Crippen LogP contribution in [0.3, 0.4) is 0 Å². The number of amides is 2. The van der Waals surface area contributed by atoms with Gasteiger partial charge in [0.05, 0.1) is 11.9 Å². The number of anilines is 2. The highest BCUT2D eigenvalue weighted by molar-refractivity contribution is 7.13. The van der Waals surface area contributed by atoms with Gasteiger partial charge in [0.2, 0.25) is 5.91 Å². The molecule has 2 amide bonds. The van der Waals surface area contributed by atoms with Crippen molar-refractivity contribution in [3.8, 4) is 16.3 Å². The predicted octanol–water partition coefficient (Wildman–Crippen LogP) is 4.13. The average molecular weight is 415 g/mol. The lowest BCUT2D eigenvalue weighted by Gasteiger charge is -2.17. The first-order valence-corrected chi connectivity index (χ1v) is 10.3. The van der Waals surface area contributed by atoms with Crippen molar-refractivity contribution in [2.24, 2.45) is 0 Å². The summed E-state index contributed by atoms with van der Waals surface area (Å²) in [5.74, 6) is -0.252. The SMILES string of the molecule is O=C1CCc2cc(NC(=O)c3csc(-c4cnn(-c5ccccc5)c4)n3)ccc2N1. The van der Waals surface area contributed by atoms with Gasteiger partial charge in [-0.3, -0.25) is 9.59 Å². The van der Waals surface area contributed by atoms with Gasteiger partial charge >= 0.3 is 0 Å². The molecule has 148 valence electrons. The molecular formula is C22H17N5O2S. The minimum absolute atomic E-state index is 0.0184. The summed E-state index contributed by atoms with van der Waals surface area (Å²) < 4.78 is 1.78. The number of carbonyl (C=O) groups excluding carboxylic acids is 2. The Balaban J connectivity index is 1.32. The van der Waals surface area contributed by atoms with Gasteiger partial charge in [-0.05, 0) is 42.3 Å². The fraction of sp³-hybridized carbons (Fsp3) is 0.0909. The number of hydrogen-bond acceptors (Lipinski definition) is 5. The molecule has 30 heavy (non-hydrogen) atoms. The molecule has 1 aliphatic heterocycles. The number of nitrogens with zero attached hydrogens (tertiary/aromatic N) is 3. The van der Waals surface area contributed by atoms with E-state index in [0.717, 1.165) is 27.5 Å². The molecule has 0 aliphatic carbocycles. The Morgan fingerprint density at radius 1 is 1.13 bits per heavy atom. The molecule has 2 aromatic carbocycles. The molecule has 8 heteroatoms. The van der Waals surface area contributed by atoms with Gasteiger partial charge in [-0.15, -0.1) is 11.3 Å². The highest BCUT2D eigenvalue weighted by atomic mass is 32.1. The van der Waals surface area contributed by atoms with Crippen molar-refractivity contribution in [1.29, 1.82) is 0 Å². The smallest absolute Gasteiger partial charge is 0.275 e. The highest BCUT2D eigenvalue weighted by Gasteiger charge is 2.17. The molecule has 3 heterocycles. The van der Waals surface area contributed by atoms with E-state index in [2.05, 4.69) is 20.7 Å². The number of fused-ring (bicyclic) bond motifs is 1. The maximum Gasteiger partial charge on any atom is 0.275 e. The van der Waals surface area contributed by atoms with Crippen molar-refractivity contribution in [3.05, 3.63) is 77.6 Å². The number of benzene rings is 2. The molecule has 0 fully saturated rings. The van der Waals surface area contributed by atoms with Crippen LogP contribution in [0.1, 0.15) is 22.5 Å². The Kier molecular flexibility index (Phi) is 4.61. The van der Waals surface area contributed by atoms with Gasteiger partial charge in [0.25, 0.3) is 5.91 Å². The molecule has 5 rings (SSSR count). The fourth-order valence-electron chi connectivity index (χ4n) is 3.32. The first-order valence-electron chi connectivity index (χ1n) is 9.46. The summed E-state index contributed by atoms with van der Waals surface area (Å²) >= 11 is 1.40. The summed E-state index contributed by atoms with van der Waals surface area (Å²) in [6, 6.07) is 15.3. The monoisotopic (exact) mass is 415 g/mol. The van der Waals surface area contributed by atoms with E-state index in [1.165, 1.54) is 11.3 Å². The first kappa shape index (κ1) is 18.3. The van der Waals surface area contributed by atoms with Gasteiger partial charge in [-0.1, -0.05) is 18.2 Å². The quantitative estimate of drug-likeness (QED) is 0.524. The molecule has 0 bridgehead atoms. The molecule has 0 unspecified atom stereocenters. The largest absolute Gasteiger partial charge is 0.326 e. The molecule has 0 saturated heterocycles.